The molecule has 2 aromatic heterocycles. The summed E-state index contributed by atoms with van der Waals surface area (Å²) in [6.45, 7) is 2.44. The van der Waals surface area contributed by atoms with Gasteiger partial charge in [0.2, 0.25) is 0 Å². The van der Waals surface area contributed by atoms with Crippen molar-refractivity contribution in [2.45, 2.75) is 37.8 Å². The molecule has 1 amide bonds. The van der Waals surface area contributed by atoms with E-state index in [4.69, 9.17) is 14.5 Å². The topological polar surface area (TPSA) is 94.8 Å². The second-order valence-electron chi connectivity index (χ2n) is 8.69. The van der Waals surface area contributed by atoms with Gasteiger partial charge in [-0.2, -0.15) is 5.10 Å². The summed E-state index contributed by atoms with van der Waals surface area (Å²) in [5, 5.41) is 5.28. The van der Waals surface area contributed by atoms with Crippen LogP contribution < -0.4 is 20.5 Å². The highest BCUT2D eigenvalue weighted by molar-refractivity contribution is 7.99. The lowest BCUT2D eigenvalue weighted by Gasteiger charge is -2.13. The molecular weight excluding hydrogens is 520 g/mol. The minimum atomic E-state index is -0.302. The van der Waals surface area contributed by atoms with Crippen molar-refractivity contribution in [2.24, 2.45) is 5.10 Å². The number of nitrogens with one attached hydrogen (secondary N) is 1. The van der Waals surface area contributed by atoms with Crippen molar-refractivity contribution in [1.29, 1.82) is 0 Å². The summed E-state index contributed by atoms with van der Waals surface area (Å²) in [6.07, 6.45) is 5.67. The number of ether oxygens (including phenoxy) is 2. The summed E-state index contributed by atoms with van der Waals surface area (Å²) in [5.41, 5.74) is 5.11. The Kier molecular flexibility index (Phi) is 8.09. The molecule has 0 radical (unpaired) electrons. The monoisotopic (exact) mass is 548 g/mol. The Labute approximate surface area is 228 Å². The Bertz CT molecular complexity index is 1550. The van der Waals surface area contributed by atoms with Crippen molar-refractivity contribution in [3.05, 3.63) is 74.9 Å². The molecule has 0 fully saturated rings. The number of carbonyl (C=O) groups is 1. The Morgan fingerprint density at radius 3 is 2.79 bits per heavy atom. The first-order chi connectivity index (χ1) is 18.6. The van der Waals surface area contributed by atoms with Gasteiger partial charge < -0.3 is 9.47 Å². The second-order valence-corrected chi connectivity index (χ2v) is 10.7. The lowest BCUT2D eigenvalue weighted by atomic mass is 9.97. The van der Waals surface area contributed by atoms with Gasteiger partial charge in [0.25, 0.3) is 11.5 Å². The van der Waals surface area contributed by atoms with E-state index in [1.165, 1.54) is 16.6 Å². The lowest BCUT2D eigenvalue weighted by molar-refractivity contribution is -0.118. The largest absolute Gasteiger partial charge is 0.493 e. The molecule has 0 atom stereocenters. The van der Waals surface area contributed by atoms with E-state index in [0.717, 1.165) is 52.7 Å². The van der Waals surface area contributed by atoms with Crippen LogP contribution in [0.25, 0.3) is 15.9 Å². The van der Waals surface area contributed by atoms with E-state index in [9.17, 15) is 9.59 Å². The maximum atomic E-state index is 13.7. The van der Waals surface area contributed by atoms with Crippen LogP contribution in [0, 0.1) is 0 Å². The predicted molar refractivity (Wildman–Crippen MR) is 152 cm³/mol. The van der Waals surface area contributed by atoms with E-state index < -0.39 is 0 Å². The Hall–Kier alpha value is -3.63. The van der Waals surface area contributed by atoms with Crippen molar-refractivity contribution < 1.29 is 14.3 Å². The summed E-state index contributed by atoms with van der Waals surface area (Å²) < 4.78 is 12.5. The SMILES string of the molecule is CCOc1ccc(/C=N\NC(=O)CSc2nc3sc4c(c3c(=O)n2-c2ccccc2)CCCC4)cc1OC. The summed E-state index contributed by atoms with van der Waals surface area (Å²) >= 11 is 2.82. The standard InChI is InChI=1S/C28H28N4O4S2/c1-3-36-21-14-13-18(15-22(21)35-2)16-29-31-24(33)17-37-28-30-26-25(20-11-7-8-12-23(20)38-26)27(34)32(28)19-9-5-4-6-10-19/h4-6,9-10,13-16H,3,7-8,11-12,17H2,1-2H3,(H,31,33)/b29-16-. The Morgan fingerprint density at radius 2 is 2.00 bits per heavy atom. The van der Waals surface area contributed by atoms with Crippen LogP contribution in [0.15, 0.2) is 63.6 Å². The van der Waals surface area contributed by atoms with Gasteiger partial charge in [-0.15, -0.1) is 11.3 Å². The summed E-state index contributed by atoms with van der Waals surface area (Å²) in [6, 6.07) is 14.9. The molecule has 8 nitrogen and oxygen atoms in total. The van der Waals surface area contributed by atoms with Crippen LogP contribution in [0.5, 0.6) is 11.5 Å². The fourth-order valence-electron chi connectivity index (χ4n) is 4.47. The number of hydrogen-bond acceptors (Lipinski definition) is 8. The van der Waals surface area contributed by atoms with Crippen LogP contribution in [0.1, 0.15) is 35.8 Å². The number of thiophene rings is 1. The molecule has 0 spiro atoms. The second kappa shape index (κ2) is 11.8. The van der Waals surface area contributed by atoms with E-state index in [1.807, 2.05) is 43.3 Å². The molecule has 196 valence electrons. The molecule has 1 aliphatic carbocycles. The predicted octanol–water partition coefficient (Wildman–Crippen LogP) is 4.98. The lowest BCUT2D eigenvalue weighted by Crippen LogP contribution is -2.24. The van der Waals surface area contributed by atoms with Crippen LogP contribution in [-0.4, -0.2) is 41.1 Å². The van der Waals surface area contributed by atoms with Crippen molar-refractivity contribution >= 4 is 45.4 Å². The number of nitrogens with zero attached hydrogens (tertiary/aromatic N) is 3. The molecule has 0 saturated heterocycles. The van der Waals surface area contributed by atoms with Crippen LogP contribution in [0.2, 0.25) is 0 Å². The average Bonchev–Trinajstić information content (AvgIpc) is 3.32. The molecule has 1 aliphatic rings. The summed E-state index contributed by atoms with van der Waals surface area (Å²) in [5.74, 6) is 0.991. The smallest absolute Gasteiger partial charge is 0.267 e. The van der Waals surface area contributed by atoms with Gasteiger partial charge in [0, 0.05) is 4.88 Å². The summed E-state index contributed by atoms with van der Waals surface area (Å²) in [4.78, 5) is 33.2. The number of hydrogen-bond donors (Lipinski definition) is 1. The van der Waals surface area contributed by atoms with Gasteiger partial charge in [0.05, 0.1) is 36.8 Å². The number of hydrazone groups is 1. The first-order valence-corrected chi connectivity index (χ1v) is 14.3. The maximum absolute atomic E-state index is 13.7. The van der Waals surface area contributed by atoms with E-state index >= 15 is 0 Å². The number of benzene rings is 2. The number of rotatable bonds is 9. The Morgan fingerprint density at radius 1 is 1.18 bits per heavy atom. The molecule has 4 aromatic rings. The highest BCUT2D eigenvalue weighted by Crippen LogP contribution is 2.35. The number of aromatic nitrogens is 2. The van der Waals surface area contributed by atoms with Crippen molar-refractivity contribution in [1.82, 2.24) is 15.0 Å². The minimum Gasteiger partial charge on any atom is -0.493 e. The molecule has 0 unspecified atom stereocenters. The van der Waals surface area contributed by atoms with E-state index in [1.54, 1.807) is 41.4 Å². The van der Waals surface area contributed by atoms with Crippen molar-refractivity contribution in [3.8, 4) is 17.2 Å². The third-order valence-corrected chi connectivity index (χ3v) is 8.32. The molecule has 0 bridgehead atoms. The third-order valence-electron chi connectivity index (χ3n) is 6.20. The number of thioether (sulfide) groups is 1. The van der Waals surface area contributed by atoms with Gasteiger partial charge in [-0.3, -0.25) is 14.2 Å². The first-order valence-electron chi connectivity index (χ1n) is 12.5. The molecule has 2 heterocycles. The maximum Gasteiger partial charge on any atom is 0.267 e. The third kappa shape index (κ3) is 5.46. The molecule has 0 aliphatic heterocycles. The number of carbonyl (C=O) groups excluding carboxylic acids is 1. The fourth-order valence-corrected chi connectivity index (χ4v) is 6.58. The molecule has 5 rings (SSSR count). The van der Waals surface area contributed by atoms with Crippen molar-refractivity contribution in [3.63, 3.8) is 0 Å². The van der Waals surface area contributed by atoms with Crippen LogP contribution >= 0.6 is 23.1 Å². The molecular formula is C28H28N4O4S2. The average molecular weight is 549 g/mol. The minimum absolute atomic E-state index is 0.0554. The molecule has 1 N–H and O–H groups in total. The summed E-state index contributed by atoms with van der Waals surface area (Å²) in [7, 11) is 1.57. The van der Waals surface area contributed by atoms with E-state index in [-0.39, 0.29) is 17.2 Å². The zero-order chi connectivity index (χ0) is 26.5. The van der Waals surface area contributed by atoms with Crippen LogP contribution in [0.3, 0.4) is 0 Å². The molecule has 10 heteroatoms. The number of amides is 1. The van der Waals surface area contributed by atoms with Gasteiger partial charge in [0.1, 0.15) is 4.83 Å². The van der Waals surface area contributed by atoms with E-state index in [2.05, 4.69) is 10.5 Å². The van der Waals surface area contributed by atoms with Gasteiger partial charge in [0.15, 0.2) is 16.7 Å². The highest BCUT2D eigenvalue weighted by atomic mass is 32.2. The van der Waals surface area contributed by atoms with Crippen LogP contribution in [-0.2, 0) is 17.6 Å². The molecule has 0 saturated carbocycles. The zero-order valence-corrected chi connectivity index (χ0v) is 22.9. The van der Waals surface area contributed by atoms with Crippen LogP contribution in [0.4, 0.5) is 0 Å². The number of fused-ring (bicyclic) bond motifs is 3. The van der Waals surface area contributed by atoms with Gasteiger partial charge >= 0.3 is 0 Å². The van der Waals surface area contributed by atoms with Gasteiger partial charge in [-0.05, 0) is 74.1 Å². The highest BCUT2D eigenvalue weighted by Gasteiger charge is 2.23. The number of methoxy groups -OCH3 is 1. The van der Waals surface area contributed by atoms with Gasteiger partial charge in [-0.1, -0.05) is 30.0 Å². The fraction of sp³-hybridized carbons (Fsp3) is 0.286. The molecule has 2 aromatic carbocycles. The normalized spacial score (nSPS) is 13.0. The number of para-hydroxylation sites is 1. The Balaban J connectivity index is 1.35. The quantitative estimate of drug-likeness (QED) is 0.137. The van der Waals surface area contributed by atoms with Crippen molar-refractivity contribution in [2.75, 3.05) is 19.5 Å². The first kappa shape index (κ1) is 26.0. The zero-order valence-electron chi connectivity index (χ0n) is 21.2. The van der Waals surface area contributed by atoms with E-state index in [0.29, 0.717) is 23.3 Å². The number of aryl methyl sites for hydroxylation is 2. The molecule has 38 heavy (non-hydrogen) atoms. The van der Waals surface area contributed by atoms with Gasteiger partial charge in [-0.25, -0.2) is 10.4 Å².